The maximum Gasteiger partial charge on any atom is 0.227 e. The maximum atomic E-state index is 14.6. The molecule has 1 aromatic heterocycles. The van der Waals surface area contributed by atoms with Gasteiger partial charge in [-0.3, -0.25) is 0 Å². The van der Waals surface area contributed by atoms with Crippen LogP contribution in [0.15, 0.2) is 48.7 Å². The van der Waals surface area contributed by atoms with Crippen molar-refractivity contribution in [2.75, 3.05) is 44.0 Å². The Morgan fingerprint density at radius 2 is 1.85 bits per heavy atom. The summed E-state index contributed by atoms with van der Waals surface area (Å²) in [7, 11) is 3.76. The molecule has 5 rings (SSSR count). The van der Waals surface area contributed by atoms with E-state index in [1.165, 1.54) is 24.5 Å². The standard InChI is InChI=1S/C26H30FN5O/c1-31-13-10-19(11-14-31)18-6-8-21(9-7-18)29-26-28-16-20-12-15-32(17-23(20)30-26)25-22(27)4-3-5-24(25)33-2/h3-9,16,19H,10-15,17H2,1-2H3,(H,28,29,30). The van der Waals surface area contributed by atoms with E-state index in [4.69, 9.17) is 9.72 Å². The molecule has 172 valence electrons. The van der Waals surface area contributed by atoms with Crippen molar-refractivity contribution in [1.82, 2.24) is 14.9 Å². The second-order valence-corrected chi connectivity index (χ2v) is 8.95. The van der Waals surface area contributed by atoms with Crippen LogP contribution >= 0.6 is 0 Å². The minimum absolute atomic E-state index is 0.282. The third-order valence-electron chi connectivity index (χ3n) is 6.79. The molecule has 1 fully saturated rings. The topological polar surface area (TPSA) is 53.5 Å². The van der Waals surface area contributed by atoms with Gasteiger partial charge in [0.25, 0.3) is 0 Å². The molecule has 1 saturated heterocycles. The number of hydrogen-bond donors (Lipinski definition) is 1. The van der Waals surface area contributed by atoms with E-state index in [-0.39, 0.29) is 5.82 Å². The van der Waals surface area contributed by atoms with Crippen molar-refractivity contribution in [3.63, 3.8) is 0 Å². The number of likely N-dealkylation sites (tertiary alicyclic amines) is 1. The summed E-state index contributed by atoms with van der Waals surface area (Å²) < 4.78 is 20.0. The van der Waals surface area contributed by atoms with Gasteiger partial charge in [-0.2, -0.15) is 0 Å². The zero-order chi connectivity index (χ0) is 22.8. The largest absolute Gasteiger partial charge is 0.494 e. The lowest BCUT2D eigenvalue weighted by Gasteiger charge is -2.31. The van der Waals surface area contributed by atoms with E-state index in [1.54, 1.807) is 19.2 Å². The summed E-state index contributed by atoms with van der Waals surface area (Å²) in [4.78, 5) is 13.7. The fourth-order valence-corrected chi connectivity index (χ4v) is 4.83. The Morgan fingerprint density at radius 3 is 2.61 bits per heavy atom. The van der Waals surface area contributed by atoms with E-state index in [0.717, 1.165) is 36.5 Å². The van der Waals surface area contributed by atoms with Crippen LogP contribution in [0.2, 0.25) is 0 Å². The van der Waals surface area contributed by atoms with Crippen LogP contribution in [0.25, 0.3) is 0 Å². The molecule has 0 radical (unpaired) electrons. The highest BCUT2D eigenvalue weighted by molar-refractivity contribution is 5.61. The first-order valence-corrected chi connectivity index (χ1v) is 11.6. The third kappa shape index (κ3) is 4.64. The van der Waals surface area contributed by atoms with Crippen molar-refractivity contribution in [1.29, 1.82) is 0 Å². The van der Waals surface area contributed by atoms with Crippen LogP contribution < -0.4 is 15.0 Å². The first kappa shape index (κ1) is 21.6. The molecule has 0 aliphatic carbocycles. The molecular weight excluding hydrogens is 417 g/mol. The second kappa shape index (κ2) is 9.35. The number of ether oxygens (including phenoxy) is 1. The number of nitrogens with one attached hydrogen (secondary N) is 1. The Hall–Kier alpha value is -3.19. The normalized spacial score (nSPS) is 17.0. The summed E-state index contributed by atoms with van der Waals surface area (Å²) in [5.41, 5.74) is 4.87. The van der Waals surface area contributed by atoms with Gasteiger partial charge < -0.3 is 19.9 Å². The van der Waals surface area contributed by atoms with E-state index >= 15 is 0 Å². The van der Waals surface area contributed by atoms with E-state index in [0.29, 0.717) is 36.4 Å². The Labute approximate surface area is 194 Å². The highest BCUT2D eigenvalue weighted by atomic mass is 19.1. The van der Waals surface area contributed by atoms with Crippen molar-refractivity contribution in [2.45, 2.75) is 31.7 Å². The van der Waals surface area contributed by atoms with Gasteiger partial charge in [0, 0.05) is 18.4 Å². The maximum absolute atomic E-state index is 14.6. The third-order valence-corrected chi connectivity index (χ3v) is 6.79. The van der Waals surface area contributed by atoms with Crippen LogP contribution in [-0.2, 0) is 13.0 Å². The summed E-state index contributed by atoms with van der Waals surface area (Å²) in [6.07, 6.45) is 5.06. The Morgan fingerprint density at radius 1 is 1.06 bits per heavy atom. The van der Waals surface area contributed by atoms with Gasteiger partial charge in [0.1, 0.15) is 17.3 Å². The van der Waals surface area contributed by atoms with Crippen LogP contribution in [-0.4, -0.2) is 48.7 Å². The SMILES string of the molecule is COc1cccc(F)c1N1CCc2cnc(Nc3ccc(C4CCN(C)CC4)cc3)nc2C1. The van der Waals surface area contributed by atoms with Crippen molar-refractivity contribution in [2.24, 2.45) is 0 Å². The zero-order valence-electron chi connectivity index (χ0n) is 19.2. The predicted octanol–water partition coefficient (Wildman–Crippen LogP) is 4.74. The molecule has 0 unspecified atom stereocenters. The minimum atomic E-state index is -0.282. The smallest absolute Gasteiger partial charge is 0.227 e. The van der Waals surface area contributed by atoms with Crippen LogP contribution in [0.4, 0.5) is 21.7 Å². The number of benzene rings is 2. The quantitative estimate of drug-likeness (QED) is 0.610. The number of fused-ring (bicyclic) bond motifs is 1. The van der Waals surface area contributed by atoms with E-state index in [1.807, 2.05) is 11.1 Å². The van der Waals surface area contributed by atoms with Gasteiger partial charge in [0.2, 0.25) is 5.95 Å². The zero-order valence-corrected chi connectivity index (χ0v) is 19.2. The van der Waals surface area contributed by atoms with Crippen LogP contribution in [0.5, 0.6) is 5.75 Å². The van der Waals surface area contributed by atoms with E-state index in [2.05, 4.69) is 46.5 Å². The molecule has 0 atom stereocenters. The molecule has 7 heteroatoms. The number of halogens is 1. The van der Waals surface area contributed by atoms with Gasteiger partial charge in [-0.15, -0.1) is 0 Å². The van der Waals surface area contributed by atoms with Gasteiger partial charge in [-0.1, -0.05) is 18.2 Å². The lowest BCUT2D eigenvalue weighted by atomic mass is 9.89. The summed E-state index contributed by atoms with van der Waals surface area (Å²) in [5.74, 6) is 1.45. The summed E-state index contributed by atoms with van der Waals surface area (Å²) in [6, 6.07) is 13.6. The molecule has 33 heavy (non-hydrogen) atoms. The average Bonchev–Trinajstić information content (AvgIpc) is 2.84. The highest BCUT2D eigenvalue weighted by Gasteiger charge is 2.24. The van der Waals surface area contributed by atoms with Gasteiger partial charge in [0.05, 0.1) is 19.3 Å². The predicted molar refractivity (Wildman–Crippen MR) is 129 cm³/mol. The number of anilines is 3. The fraction of sp³-hybridized carbons (Fsp3) is 0.385. The summed E-state index contributed by atoms with van der Waals surface area (Å²) in [5, 5.41) is 3.33. The molecule has 1 N–H and O–H groups in total. The van der Waals surface area contributed by atoms with Gasteiger partial charge in [-0.25, -0.2) is 14.4 Å². The molecule has 6 nitrogen and oxygen atoms in total. The van der Waals surface area contributed by atoms with Crippen LogP contribution in [0.3, 0.4) is 0 Å². The van der Waals surface area contributed by atoms with Crippen molar-refractivity contribution in [3.05, 3.63) is 71.3 Å². The molecule has 3 heterocycles. The Bertz CT molecular complexity index is 1110. The molecule has 2 aliphatic heterocycles. The van der Waals surface area contributed by atoms with E-state index < -0.39 is 0 Å². The Kier molecular flexibility index (Phi) is 6.13. The number of para-hydroxylation sites is 1. The van der Waals surface area contributed by atoms with Gasteiger partial charge >= 0.3 is 0 Å². The molecule has 2 aromatic carbocycles. The van der Waals surface area contributed by atoms with Crippen molar-refractivity contribution >= 4 is 17.3 Å². The minimum Gasteiger partial charge on any atom is -0.494 e. The van der Waals surface area contributed by atoms with Gasteiger partial charge in [-0.05, 0) is 80.7 Å². The average molecular weight is 448 g/mol. The first-order chi connectivity index (χ1) is 16.1. The van der Waals surface area contributed by atoms with E-state index in [9.17, 15) is 4.39 Å². The molecule has 0 saturated carbocycles. The number of piperidine rings is 1. The molecule has 3 aromatic rings. The number of rotatable bonds is 5. The number of nitrogens with zero attached hydrogens (tertiary/aromatic N) is 4. The summed E-state index contributed by atoms with van der Waals surface area (Å²) in [6.45, 7) is 3.52. The molecule has 0 bridgehead atoms. The molecule has 0 amide bonds. The lowest BCUT2D eigenvalue weighted by molar-refractivity contribution is 0.255. The van der Waals surface area contributed by atoms with Crippen LogP contribution in [0, 0.1) is 5.82 Å². The fourth-order valence-electron chi connectivity index (χ4n) is 4.83. The van der Waals surface area contributed by atoms with Crippen molar-refractivity contribution < 1.29 is 9.13 Å². The monoisotopic (exact) mass is 447 g/mol. The molecule has 2 aliphatic rings. The first-order valence-electron chi connectivity index (χ1n) is 11.6. The number of hydrogen-bond acceptors (Lipinski definition) is 6. The highest BCUT2D eigenvalue weighted by Crippen LogP contribution is 2.34. The number of methoxy groups -OCH3 is 1. The molecule has 0 spiro atoms. The number of aromatic nitrogens is 2. The van der Waals surface area contributed by atoms with Crippen LogP contribution in [0.1, 0.15) is 35.6 Å². The summed E-state index contributed by atoms with van der Waals surface area (Å²) >= 11 is 0. The Balaban J connectivity index is 1.30. The lowest BCUT2D eigenvalue weighted by Crippen LogP contribution is -2.32. The second-order valence-electron chi connectivity index (χ2n) is 8.95. The van der Waals surface area contributed by atoms with Gasteiger partial charge in [0.15, 0.2) is 0 Å². The molecular formula is C26H30FN5O. The van der Waals surface area contributed by atoms with Crippen molar-refractivity contribution in [3.8, 4) is 5.75 Å².